The number of hydrazone groups is 1. The maximum Gasteiger partial charge on any atom is 0.279 e. The van der Waals surface area contributed by atoms with Crippen molar-refractivity contribution in [3.05, 3.63) is 71.2 Å². The molecule has 1 heterocycles. The van der Waals surface area contributed by atoms with Crippen LogP contribution in [0.3, 0.4) is 0 Å². The van der Waals surface area contributed by atoms with Gasteiger partial charge in [0.1, 0.15) is 10.6 Å². The molecule has 1 amide bonds. The van der Waals surface area contributed by atoms with E-state index < -0.39 is 0 Å². The molecule has 1 aromatic heterocycles. The van der Waals surface area contributed by atoms with Crippen molar-refractivity contribution in [3.8, 4) is 22.8 Å². The molecule has 0 spiro atoms. The molecule has 0 fully saturated rings. The Morgan fingerprint density at radius 3 is 2.69 bits per heavy atom. The van der Waals surface area contributed by atoms with Gasteiger partial charge in [0.25, 0.3) is 5.19 Å². The molecule has 6 nitrogen and oxygen atoms in total. The number of aromatic nitrogens is 1. The number of amides is 1. The van der Waals surface area contributed by atoms with Crippen molar-refractivity contribution >= 4 is 29.1 Å². The van der Waals surface area contributed by atoms with Crippen molar-refractivity contribution in [2.75, 3.05) is 5.43 Å². The highest BCUT2D eigenvalue weighted by Gasteiger charge is 2.04. The van der Waals surface area contributed by atoms with Crippen LogP contribution in [0.15, 0.2) is 65.9 Å². The molecule has 3 aromatic rings. The molecule has 29 heavy (non-hydrogen) atoms. The molecule has 2 aromatic carbocycles. The second kappa shape index (κ2) is 10.1. The fourth-order valence-electron chi connectivity index (χ4n) is 2.30. The van der Waals surface area contributed by atoms with Crippen molar-refractivity contribution in [1.82, 2.24) is 10.3 Å². The maximum absolute atomic E-state index is 11.0. The molecule has 2 N–H and O–H groups in total. The number of para-hydroxylation sites is 1. The van der Waals surface area contributed by atoms with Crippen molar-refractivity contribution < 1.29 is 9.53 Å². The standard InChI is InChI=1S/C22H20N4O2S/c1-16(25-17(2)27)8-13-21-15-23-22(29-21)28-20-11-9-18(10-12-20)14-24-26-19-6-4-3-5-7-19/h3-7,9-12,14-16,26H,1-2H3,(H,25,27). The van der Waals surface area contributed by atoms with Gasteiger partial charge in [-0.2, -0.15) is 5.10 Å². The highest BCUT2D eigenvalue weighted by Crippen LogP contribution is 2.26. The number of nitrogens with one attached hydrogen (secondary N) is 2. The quantitative estimate of drug-likeness (QED) is 0.366. The van der Waals surface area contributed by atoms with Gasteiger partial charge >= 0.3 is 0 Å². The zero-order valence-corrected chi connectivity index (χ0v) is 16.9. The van der Waals surface area contributed by atoms with E-state index in [0.717, 1.165) is 16.1 Å². The first-order valence-electron chi connectivity index (χ1n) is 8.95. The average molecular weight is 404 g/mol. The molecule has 0 bridgehead atoms. The molecule has 3 rings (SSSR count). The van der Waals surface area contributed by atoms with Gasteiger partial charge in [-0.3, -0.25) is 10.2 Å². The number of ether oxygens (including phenoxy) is 1. The van der Waals surface area contributed by atoms with Crippen LogP contribution in [-0.4, -0.2) is 23.1 Å². The van der Waals surface area contributed by atoms with Crippen molar-refractivity contribution in [2.24, 2.45) is 5.10 Å². The molecule has 7 heteroatoms. The van der Waals surface area contributed by atoms with Gasteiger partial charge in [-0.15, -0.1) is 0 Å². The SMILES string of the molecule is CC(=O)NC(C)C#Cc1cnc(Oc2ccc(C=NNc3ccccc3)cc2)s1. The van der Waals surface area contributed by atoms with E-state index in [9.17, 15) is 4.79 Å². The monoisotopic (exact) mass is 404 g/mol. The second-order valence-corrected chi connectivity index (χ2v) is 7.08. The summed E-state index contributed by atoms with van der Waals surface area (Å²) in [6.07, 6.45) is 3.40. The Morgan fingerprint density at radius 2 is 1.97 bits per heavy atom. The van der Waals surface area contributed by atoms with E-state index >= 15 is 0 Å². The van der Waals surface area contributed by atoms with Gasteiger partial charge in [-0.1, -0.05) is 41.4 Å². The average Bonchev–Trinajstić information content (AvgIpc) is 3.15. The Kier molecular flexibility index (Phi) is 6.98. The fourth-order valence-corrected chi connectivity index (χ4v) is 2.95. The van der Waals surface area contributed by atoms with Crippen LogP contribution < -0.4 is 15.5 Å². The predicted octanol–water partition coefficient (Wildman–Crippen LogP) is 4.26. The predicted molar refractivity (Wildman–Crippen MR) is 116 cm³/mol. The number of carbonyl (C=O) groups is 1. The first-order chi connectivity index (χ1) is 14.1. The van der Waals surface area contributed by atoms with Crippen LogP contribution in [0.1, 0.15) is 24.3 Å². The molecule has 0 aliphatic rings. The molecule has 0 aliphatic heterocycles. The van der Waals surface area contributed by atoms with E-state index in [1.54, 1.807) is 12.4 Å². The summed E-state index contributed by atoms with van der Waals surface area (Å²) in [5.74, 6) is 6.52. The second-order valence-electron chi connectivity index (χ2n) is 6.09. The smallest absolute Gasteiger partial charge is 0.279 e. The Balaban J connectivity index is 1.54. The van der Waals surface area contributed by atoms with Crippen LogP contribution in [0, 0.1) is 11.8 Å². The van der Waals surface area contributed by atoms with E-state index in [0.29, 0.717) is 10.9 Å². The van der Waals surface area contributed by atoms with Crippen LogP contribution in [0.5, 0.6) is 10.9 Å². The maximum atomic E-state index is 11.0. The molecule has 0 saturated carbocycles. The molecule has 1 unspecified atom stereocenters. The third-order valence-corrected chi connectivity index (χ3v) is 4.37. The van der Waals surface area contributed by atoms with Gasteiger partial charge in [0.2, 0.25) is 5.91 Å². The minimum absolute atomic E-state index is 0.107. The summed E-state index contributed by atoms with van der Waals surface area (Å²) in [5, 5.41) is 7.44. The molecule has 0 radical (unpaired) electrons. The highest BCUT2D eigenvalue weighted by molar-refractivity contribution is 7.13. The van der Waals surface area contributed by atoms with Crippen molar-refractivity contribution in [2.45, 2.75) is 19.9 Å². The summed E-state index contributed by atoms with van der Waals surface area (Å²) in [6, 6.07) is 17.1. The summed E-state index contributed by atoms with van der Waals surface area (Å²) in [4.78, 5) is 16.0. The Morgan fingerprint density at radius 1 is 1.21 bits per heavy atom. The first kappa shape index (κ1) is 20.1. The van der Waals surface area contributed by atoms with Gasteiger partial charge in [0.15, 0.2) is 0 Å². The number of hydrogen-bond donors (Lipinski definition) is 2. The minimum atomic E-state index is -0.218. The van der Waals surface area contributed by atoms with Crippen LogP contribution in [0.4, 0.5) is 5.69 Å². The van der Waals surface area contributed by atoms with Gasteiger partial charge in [0.05, 0.1) is 24.1 Å². The lowest BCUT2D eigenvalue weighted by Gasteiger charge is -2.02. The van der Waals surface area contributed by atoms with Crippen LogP contribution in [-0.2, 0) is 4.79 Å². The zero-order valence-electron chi connectivity index (χ0n) is 16.0. The number of anilines is 1. The van der Waals surface area contributed by atoms with Crippen molar-refractivity contribution in [1.29, 1.82) is 0 Å². The van der Waals surface area contributed by atoms with E-state index in [1.165, 1.54) is 18.3 Å². The number of benzene rings is 2. The molecule has 146 valence electrons. The summed E-state index contributed by atoms with van der Waals surface area (Å²) in [5.41, 5.74) is 4.85. The highest BCUT2D eigenvalue weighted by atomic mass is 32.1. The fraction of sp³-hybridized carbons (Fsp3) is 0.136. The largest absolute Gasteiger partial charge is 0.431 e. The third kappa shape index (κ3) is 6.79. The molecule has 0 aliphatic carbocycles. The number of carbonyl (C=O) groups excluding carboxylic acids is 1. The first-order valence-corrected chi connectivity index (χ1v) is 9.76. The summed E-state index contributed by atoms with van der Waals surface area (Å²) < 4.78 is 5.77. The van der Waals surface area contributed by atoms with E-state index in [2.05, 4.69) is 32.7 Å². The number of thiazole rings is 1. The molecule has 1 atom stereocenters. The lowest BCUT2D eigenvalue weighted by molar-refractivity contribution is -0.119. The normalized spacial score (nSPS) is 11.4. The number of rotatable bonds is 6. The minimum Gasteiger partial charge on any atom is -0.431 e. The number of nitrogens with zero attached hydrogens (tertiary/aromatic N) is 2. The Hall–Kier alpha value is -3.63. The topological polar surface area (TPSA) is 75.6 Å². The number of hydrogen-bond acceptors (Lipinski definition) is 6. The lowest BCUT2D eigenvalue weighted by Crippen LogP contribution is -2.28. The van der Waals surface area contributed by atoms with E-state index in [4.69, 9.17) is 4.74 Å². The van der Waals surface area contributed by atoms with Crippen LogP contribution >= 0.6 is 11.3 Å². The molecular formula is C22H20N4O2S. The third-order valence-electron chi connectivity index (χ3n) is 3.58. The summed E-state index contributed by atoms with van der Waals surface area (Å²) in [6.45, 7) is 3.29. The van der Waals surface area contributed by atoms with Crippen LogP contribution in [0.25, 0.3) is 0 Å². The van der Waals surface area contributed by atoms with Gasteiger partial charge in [0, 0.05) is 6.92 Å². The van der Waals surface area contributed by atoms with E-state index in [-0.39, 0.29) is 11.9 Å². The van der Waals surface area contributed by atoms with Crippen molar-refractivity contribution in [3.63, 3.8) is 0 Å². The van der Waals surface area contributed by atoms with E-state index in [1.807, 2.05) is 61.5 Å². The van der Waals surface area contributed by atoms with Gasteiger partial charge in [-0.05, 0) is 48.9 Å². The lowest BCUT2D eigenvalue weighted by atomic mass is 10.2. The van der Waals surface area contributed by atoms with Gasteiger partial charge in [-0.25, -0.2) is 4.98 Å². The Bertz CT molecular complexity index is 1030. The molecule has 0 saturated heterocycles. The van der Waals surface area contributed by atoms with Gasteiger partial charge < -0.3 is 10.1 Å². The summed E-state index contributed by atoms with van der Waals surface area (Å²) in [7, 11) is 0. The Labute approximate surface area is 173 Å². The van der Waals surface area contributed by atoms with Crippen LogP contribution in [0.2, 0.25) is 0 Å². The summed E-state index contributed by atoms with van der Waals surface area (Å²) >= 11 is 1.35. The zero-order chi connectivity index (χ0) is 20.5. The molecular weight excluding hydrogens is 384 g/mol.